The molecule has 0 radical (unpaired) electrons. The van der Waals surface area contributed by atoms with Gasteiger partial charge < -0.3 is 15.5 Å². The van der Waals surface area contributed by atoms with Crippen LogP contribution in [-0.2, 0) is 4.79 Å². The summed E-state index contributed by atoms with van der Waals surface area (Å²) in [4.78, 5) is 15.5. The lowest BCUT2D eigenvalue weighted by atomic mass is 10.1. The molecule has 0 aliphatic heterocycles. The lowest BCUT2D eigenvalue weighted by molar-refractivity contribution is -0.118. The highest BCUT2D eigenvalue weighted by atomic mass is 35.5. The number of aliphatic hydroxyl groups excluding tert-OH is 1. The molecule has 2 aromatic rings. The Morgan fingerprint density at radius 3 is 2.65 bits per heavy atom. The van der Waals surface area contributed by atoms with Gasteiger partial charge in [0.25, 0.3) is 0 Å². The SMILES string of the molecule is O=C(CC(O)c1ccc(Cl)cc1)Nc1ccncc1O. The minimum Gasteiger partial charge on any atom is -0.504 e. The Kier molecular flexibility index (Phi) is 4.55. The van der Waals surface area contributed by atoms with Crippen molar-refractivity contribution >= 4 is 23.2 Å². The number of hydrogen-bond donors (Lipinski definition) is 3. The van der Waals surface area contributed by atoms with Gasteiger partial charge in [0, 0.05) is 11.2 Å². The maximum atomic E-state index is 11.8. The number of carbonyl (C=O) groups is 1. The second kappa shape index (κ2) is 6.36. The lowest BCUT2D eigenvalue weighted by Crippen LogP contribution is -2.15. The zero-order valence-electron chi connectivity index (χ0n) is 10.5. The molecule has 1 aromatic heterocycles. The van der Waals surface area contributed by atoms with Gasteiger partial charge in [0.2, 0.25) is 5.91 Å². The molecule has 1 aromatic carbocycles. The van der Waals surface area contributed by atoms with Crippen molar-refractivity contribution in [1.29, 1.82) is 0 Å². The van der Waals surface area contributed by atoms with E-state index in [0.717, 1.165) is 0 Å². The van der Waals surface area contributed by atoms with Gasteiger partial charge in [-0.25, -0.2) is 0 Å². The Morgan fingerprint density at radius 1 is 1.30 bits per heavy atom. The smallest absolute Gasteiger partial charge is 0.227 e. The molecule has 0 bridgehead atoms. The molecule has 2 rings (SSSR count). The van der Waals surface area contributed by atoms with Crippen LogP contribution in [0, 0.1) is 0 Å². The van der Waals surface area contributed by atoms with E-state index in [9.17, 15) is 15.0 Å². The van der Waals surface area contributed by atoms with Gasteiger partial charge in [-0.1, -0.05) is 23.7 Å². The van der Waals surface area contributed by atoms with Crippen molar-refractivity contribution < 1.29 is 15.0 Å². The first-order chi connectivity index (χ1) is 9.56. The molecule has 5 nitrogen and oxygen atoms in total. The number of carbonyl (C=O) groups excluding carboxylic acids is 1. The molecule has 1 unspecified atom stereocenters. The third-order valence-corrected chi connectivity index (χ3v) is 2.96. The quantitative estimate of drug-likeness (QED) is 0.808. The number of aliphatic hydroxyl groups is 1. The van der Waals surface area contributed by atoms with Crippen LogP contribution in [0.3, 0.4) is 0 Å². The summed E-state index contributed by atoms with van der Waals surface area (Å²) >= 11 is 5.75. The number of aromatic nitrogens is 1. The topological polar surface area (TPSA) is 82.5 Å². The molecule has 6 heteroatoms. The third-order valence-electron chi connectivity index (χ3n) is 2.71. The standard InChI is InChI=1S/C14H13ClN2O3/c15-10-3-1-9(2-4-10)12(18)7-14(20)17-11-5-6-16-8-13(11)19/h1-6,8,12,18-19H,7H2,(H,16,17,20). The summed E-state index contributed by atoms with van der Waals surface area (Å²) in [6.07, 6.45) is 1.62. The van der Waals surface area contributed by atoms with Crippen molar-refractivity contribution in [3.8, 4) is 5.75 Å². The van der Waals surface area contributed by atoms with Gasteiger partial charge >= 0.3 is 0 Å². The normalized spacial score (nSPS) is 11.9. The first-order valence-corrected chi connectivity index (χ1v) is 6.30. The fourth-order valence-corrected chi connectivity index (χ4v) is 1.80. The fraction of sp³-hybridized carbons (Fsp3) is 0.143. The van der Waals surface area contributed by atoms with E-state index < -0.39 is 12.0 Å². The van der Waals surface area contributed by atoms with Gasteiger partial charge in [-0.15, -0.1) is 0 Å². The number of benzene rings is 1. The predicted octanol–water partition coefficient (Wildman–Crippen LogP) is 2.50. The van der Waals surface area contributed by atoms with Crippen LogP contribution in [-0.4, -0.2) is 21.1 Å². The number of hydrogen-bond acceptors (Lipinski definition) is 4. The number of nitrogens with one attached hydrogen (secondary N) is 1. The molecular formula is C14H13ClN2O3. The van der Waals surface area contributed by atoms with Crippen LogP contribution in [0.2, 0.25) is 5.02 Å². The van der Waals surface area contributed by atoms with E-state index in [0.29, 0.717) is 10.6 Å². The molecule has 0 fully saturated rings. The van der Waals surface area contributed by atoms with Crippen LogP contribution < -0.4 is 5.32 Å². The minimum absolute atomic E-state index is 0.122. The van der Waals surface area contributed by atoms with Crippen LogP contribution in [0.15, 0.2) is 42.7 Å². The van der Waals surface area contributed by atoms with E-state index in [1.165, 1.54) is 18.5 Å². The molecule has 1 amide bonds. The molecular weight excluding hydrogens is 280 g/mol. The monoisotopic (exact) mass is 292 g/mol. The number of amides is 1. The summed E-state index contributed by atoms with van der Waals surface area (Å²) in [5.74, 6) is -0.532. The minimum atomic E-state index is -0.934. The number of anilines is 1. The zero-order valence-corrected chi connectivity index (χ0v) is 11.2. The van der Waals surface area contributed by atoms with E-state index in [1.807, 2.05) is 0 Å². The zero-order chi connectivity index (χ0) is 14.5. The average Bonchev–Trinajstić information content (AvgIpc) is 2.42. The predicted molar refractivity (Wildman–Crippen MR) is 75.6 cm³/mol. The average molecular weight is 293 g/mol. The summed E-state index contributed by atoms with van der Waals surface area (Å²) < 4.78 is 0. The summed E-state index contributed by atoms with van der Waals surface area (Å²) in [5.41, 5.74) is 0.858. The Labute approximate surface area is 120 Å². The number of halogens is 1. The number of nitrogens with zero attached hydrogens (tertiary/aromatic N) is 1. The maximum absolute atomic E-state index is 11.8. The Bertz CT molecular complexity index is 602. The van der Waals surface area contributed by atoms with Gasteiger partial charge in [-0.2, -0.15) is 0 Å². The van der Waals surface area contributed by atoms with Crippen molar-refractivity contribution in [1.82, 2.24) is 4.98 Å². The van der Waals surface area contributed by atoms with Crippen LogP contribution in [0.5, 0.6) is 5.75 Å². The van der Waals surface area contributed by atoms with Crippen molar-refractivity contribution in [2.24, 2.45) is 0 Å². The number of pyridine rings is 1. The highest BCUT2D eigenvalue weighted by molar-refractivity contribution is 6.30. The summed E-state index contributed by atoms with van der Waals surface area (Å²) in [5, 5.41) is 22.5. The summed E-state index contributed by atoms with van der Waals surface area (Å²) in [6.45, 7) is 0. The van der Waals surface area contributed by atoms with Gasteiger partial charge in [-0.3, -0.25) is 9.78 Å². The highest BCUT2D eigenvalue weighted by Gasteiger charge is 2.14. The van der Waals surface area contributed by atoms with Crippen molar-refractivity contribution in [3.63, 3.8) is 0 Å². The molecule has 0 aliphatic carbocycles. The van der Waals surface area contributed by atoms with E-state index in [1.54, 1.807) is 24.3 Å². The van der Waals surface area contributed by atoms with E-state index in [-0.39, 0.29) is 17.9 Å². The summed E-state index contributed by atoms with van der Waals surface area (Å²) in [7, 11) is 0. The van der Waals surface area contributed by atoms with E-state index in [2.05, 4.69) is 10.3 Å². The van der Waals surface area contributed by atoms with Gasteiger partial charge in [0.15, 0.2) is 5.75 Å². The summed E-state index contributed by atoms with van der Waals surface area (Å²) in [6, 6.07) is 8.08. The molecule has 1 heterocycles. The van der Waals surface area contributed by atoms with E-state index in [4.69, 9.17) is 11.6 Å². The van der Waals surface area contributed by atoms with Crippen LogP contribution in [0.25, 0.3) is 0 Å². The van der Waals surface area contributed by atoms with Crippen molar-refractivity contribution in [2.75, 3.05) is 5.32 Å². The largest absolute Gasteiger partial charge is 0.504 e. The Hall–Kier alpha value is -2.11. The third kappa shape index (κ3) is 3.69. The fourth-order valence-electron chi connectivity index (χ4n) is 1.67. The Morgan fingerprint density at radius 2 is 2.00 bits per heavy atom. The first-order valence-electron chi connectivity index (χ1n) is 5.92. The molecule has 104 valence electrons. The maximum Gasteiger partial charge on any atom is 0.227 e. The molecule has 0 aliphatic rings. The van der Waals surface area contributed by atoms with Crippen LogP contribution in [0.1, 0.15) is 18.1 Å². The van der Waals surface area contributed by atoms with Crippen LogP contribution in [0.4, 0.5) is 5.69 Å². The second-order valence-corrected chi connectivity index (χ2v) is 4.65. The molecule has 0 saturated heterocycles. The number of rotatable bonds is 4. The van der Waals surface area contributed by atoms with E-state index >= 15 is 0 Å². The van der Waals surface area contributed by atoms with Gasteiger partial charge in [0.1, 0.15) is 0 Å². The van der Waals surface area contributed by atoms with Crippen LogP contribution >= 0.6 is 11.6 Å². The van der Waals surface area contributed by atoms with Gasteiger partial charge in [-0.05, 0) is 23.8 Å². The van der Waals surface area contributed by atoms with Crippen molar-refractivity contribution in [2.45, 2.75) is 12.5 Å². The Balaban J connectivity index is 1.98. The lowest BCUT2D eigenvalue weighted by Gasteiger charge is -2.12. The molecule has 0 saturated carbocycles. The highest BCUT2D eigenvalue weighted by Crippen LogP contribution is 2.23. The van der Waals surface area contributed by atoms with Crippen molar-refractivity contribution in [3.05, 3.63) is 53.3 Å². The first kappa shape index (κ1) is 14.3. The molecule has 1 atom stereocenters. The molecule has 0 spiro atoms. The number of aromatic hydroxyl groups is 1. The second-order valence-electron chi connectivity index (χ2n) is 4.21. The van der Waals surface area contributed by atoms with Gasteiger partial charge in [0.05, 0.1) is 24.4 Å². The molecule has 20 heavy (non-hydrogen) atoms. The molecule has 3 N–H and O–H groups in total.